The number of aliphatic carboxylic acids is 1. The maximum Gasteiger partial charge on any atom is 0.411 e. The van der Waals surface area contributed by atoms with Crippen molar-refractivity contribution >= 4 is 12.1 Å². The number of hydrogen-bond donors (Lipinski definition) is 2. The fraction of sp³-hybridized carbons (Fsp3) is 0.800. The average Bonchev–Trinajstić information content (AvgIpc) is 2.15. The van der Waals surface area contributed by atoms with Gasteiger partial charge >= 0.3 is 12.1 Å². The fourth-order valence-corrected chi connectivity index (χ4v) is 1.46. The van der Waals surface area contributed by atoms with Crippen LogP contribution in [0, 0.1) is 0 Å². The number of carboxylic acid groups (broad SMARTS) is 1. The molecule has 0 aromatic rings. The molecule has 1 rings (SSSR count). The van der Waals surface area contributed by atoms with E-state index in [1.54, 1.807) is 20.8 Å². The highest BCUT2D eigenvalue weighted by Crippen LogP contribution is 2.13. The number of rotatable bonds is 1. The summed E-state index contributed by atoms with van der Waals surface area (Å²) in [6, 6.07) is -0.844. The second-order valence-electron chi connectivity index (χ2n) is 4.73. The zero-order valence-electron chi connectivity index (χ0n) is 9.82. The highest BCUT2D eigenvalue weighted by Gasteiger charge is 2.34. The molecule has 1 heterocycles. The molecular formula is C10H18N2O4. The summed E-state index contributed by atoms with van der Waals surface area (Å²) >= 11 is 0. The van der Waals surface area contributed by atoms with Crippen molar-refractivity contribution in [1.29, 1.82) is 0 Å². The van der Waals surface area contributed by atoms with Crippen LogP contribution in [0.25, 0.3) is 0 Å². The van der Waals surface area contributed by atoms with Crippen molar-refractivity contribution in [3.63, 3.8) is 0 Å². The van der Waals surface area contributed by atoms with Gasteiger partial charge in [0.1, 0.15) is 11.6 Å². The minimum atomic E-state index is -1.02. The van der Waals surface area contributed by atoms with Crippen LogP contribution in [0.15, 0.2) is 0 Å². The van der Waals surface area contributed by atoms with E-state index in [1.807, 2.05) is 0 Å². The predicted molar refractivity (Wildman–Crippen MR) is 57.2 cm³/mol. The van der Waals surface area contributed by atoms with E-state index in [4.69, 9.17) is 9.84 Å². The molecule has 16 heavy (non-hydrogen) atoms. The van der Waals surface area contributed by atoms with Crippen LogP contribution in [-0.4, -0.2) is 53.3 Å². The normalized spacial score (nSPS) is 21.7. The second-order valence-corrected chi connectivity index (χ2v) is 4.73. The lowest BCUT2D eigenvalue weighted by molar-refractivity contribution is -0.143. The molecule has 6 nitrogen and oxygen atoms in total. The van der Waals surface area contributed by atoms with Crippen LogP contribution in [0.1, 0.15) is 20.8 Å². The Hall–Kier alpha value is -1.30. The smallest absolute Gasteiger partial charge is 0.411 e. The summed E-state index contributed by atoms with van der Waals surface area (Å²) < 4.78 is 5.15. The van der Waals surface area contributed by atoms with Crippen LogP contribution in [0.2, 0.25) is 0 Å². The number of ether oxygens (including phenoxy) is 1. The zero-order valence-corrected chi connectivity index (χ0v) is 9.82. The Labute approximate surface area is 94.6 Å². The zero-order chi connectivity index (χ0) is 12.3. The molecule has 0 bridgehead atoms. The van der Waals surface area contributed by atoms with Crippen molar-refractivity contribution in [2.75, 3.05) is 19.6 Å². The van der Waals surface area contributed by atoms with E-state index in [2.05, 4.69) is 5.32 Å². The first kappa shape index (κ1) is 12.8. The number of piperazine rings is 1. The maximum atomic E-state index is 11.7. The number of amides is 1. The van der Waals surface area contributed by atoms with Gasteiger partial charge in [0.15, 0.2) is 0 Å². The summed E-state index contributed by atoms with van der Waals surface area (Å²) in [5.41, 5.74) is -0.606. The molecular weight excluding hydrogens is 212 g/mol. The molecule has 1 fully saturated rings. The minimum Gasteiger partial charge on any atom is -0.480 e. The topological polar surface area (TPSA) is 78.9 Å². The van der Waals surface area contributed by atoms with Crippen molar-refractivity contribution in [2.45, 2.75) is 32.4 Å². The number of carbonyl (C=O) groups excluding carboxylic acids is 1. The molecule has 0 aromatic heterocycles. The lowest BCUT2D eigenvalue weighted by Crippen LogP contribution is -2.57. The van der Waals surface area contributed by atoms with Crippen molar-refractivity contribution < 1.29 is 19.4 Å². The van der Waals surface area contributed by atoms with Gasteiger partial charge in [0.2, 0.25) is 0 Å². The van der Waals surface area contributed by atoms with Gasteiger partial charge in [0.05, 0.1) is 0 Å². The van der Waals surface area contributed by atoms with Crippen molar-refractivity contribution in [1.82, 2.24) is 10.2 Å². The highest BCUT2D eigenvalue weighted by molar-refractivity contribution is 5.80. The predicted octanol–water partition coefficient (Wildman–Crippen LogP) is 0.280. The fourth-order valence-electron chi connectivity index (χ4n) is 1.46. The number of carboxylic acids is 1. The third-order valence-electron chi connectivity index (χ3n) is 2.16. The molecule has 0 radical (unpaired) electrons. The number of nitrogens with zero attached hydrogens (tertiary/aromatic N) is 1. The van der Waals surface area contributed by atoms with E-state index < -0.39 is 23.7 Å². The largest absolute Gasteiger partial charge is 0.480 e. The first-order valence-electron chi connectivity index (χ1n) is 5.24. The van der Waals surface area contributed by atoms with Gasteiger partial charge in [0, 0.05) is 19.6 Å². The first-order valence-corrected chi connectivity index (χ1v) is 5.24. The second kappa shape index (κ2) is 4.69. The molecule has 0 aromatic carbocycles. The van der Waals surface area contributed by atoms with Crippen LogP contribution >= 0.6 is 0 Å². The van der Waals surface area contributed by atoms with Crippen LogP contribution in [0.3, 0.4) is 0 Å². The molecule has 1 aliphatic rings. The van der Waals surface area contributed by atoms with Crippen LogP contribution in [0.5, 0.6) is 0 Å². The molecule has 0 aliphatic carbocycles. The molecule has 0 saturated carbocycles. The van der Waals surface area contributed by atoms with E-state index in [1.165, 1.54) is 4.90 Å². The Kier molecular flexibility index (Phi) is 3.74. The summed E-state index contributed by atoms with van der Waals surface area (Å²) in [6.07, 6.45) is -0.568. The maximum absolute atomic E-state index is 11.7. The van der Waals surface area contributed by atoms with Gasteiger partial charge in [-0.1, -0.05) is 0 Å². The third kappa shape index (κ3) is 3.37. The van der Waals surface area contributed by atoms with Crippen molar-refractivity contribution in [3.8, 4) is 0 Å². The standard InChI is InChI=1S/C10H18N2O4/c1-10(2,3)16-9(15)12-5-4-11-6-7(12)8(13)14/h7,11H,4-6H2,1-3H3,(H,13,14). The minimum absolute atomic E-state index is 0.259. The van der Waals surface area contributed by atoms with Gasteiger partial charge in [-0.25, -0.2) is 9.59 Å². The Bertz CT molecular complexity index is 285. The van der Waals surface area contributed by atoms with E-state index >= 15 is 0 Å². The summed E-state index contributed by atoms with van der Waals surface area (Å²) in [5, 5.41) is 11.9. The summed E-state index contributed by atoms with van der Waals surface area (Å²) in [5.74, 6) is -1.02. The number of carbonyl (C=O) groups is 2. The van der Waals surface area contributed by atoms with Gasteiger partial charge in [0.25, 0.3) is 0 Å². The quantitative estimate of drug-likeness (QED) is 0.676. The lowest BCUT2D eigenvalue weighted by atomic mass is 10.2. The van der Waals surface area contributed by atoms with E-state index in [-0.39, 0.29) is 6.54 Å². The Morgan fingerprint density at radius 2 is 2.06 bits per heavy atom. The van der Waals surface area contributed by atoms with Crippen LogP contribution < -0.4 is 5.32 Å². The van der Waals surface area contributed by atoms with E-state index in [0.717, 1.165) is 0 Å². The first-order chi connectivity index (χ1) is 7.31. The Balaban J connectivity index is 2.68. The number of nitrogens with one attached hydrogen (secondary N) is 1. The molecule has 92 valence electrons. The SMILES string of the molecule is CC(C)(C)OC(=O)N1CCNCC1C(=O)O. The lowest BCUT2D eigenvalue weighted by Gasteiger charge is -2.34. The van der Waals surface area contributed by atoms with Gasteiger partial charge in [-0.3, -0.25) is 4.90 Å². The van der Waals surface area contributed by atoms with E-state index in [9.17, 15) is 9.59 Å². The molecule has 1 saturated heterocycles. The molecule has 1 amide bonds. The van der Waals surface area contributed by atoms with Gasteiger partial charge in [-0.2, -0.15) is 0 Å². The van der Waals surface area contributed by atoms with Crippen LogP contribution in [0.4, 0.5) is 4.79 Å². The summed E-state index contributed by atoms with van der Waals surface area (Å²) in [4.78, 5) is 23.9. The van der Waals surface area contributed by atoms with E-state index in [0.29, 0.717) is 13.1 Å². The van der Waals surface area contributed by atoms with Gasteiger partial charge in [-0.15, -0.1) is 0 Å². The van der Waals surface area contributed by atoms with Gasteiger partial charge < -0.3 is 15.2 Å². The summed E-state index contributed by atoms with van der Waals surface area (Å²) in [6.45, 7) is 6.46. The van der Waals surface area contributed by atoms with Gasteiger partial charge in [-0.05, 0) is 20.8 Å². The average molecular weight is 230 g/mol. The molecule has 1 atom stereocenters. The van der Waals surface area contributed by atoms with Crippen LogP contribution in [-0.2, 0) is 9.53 Å². The third-order valence-corrected chi connectivity index (χ3v) is 2.16. The summed E-state index contributed by atoms with van der Waals surface area (Å²) in [7, 11) is 0. The molecule has 1 aliphatic heterocycles. The molecule has 6 heteroatoms. The molecule has 2 N–H and O–H groups in total. The molecule has 0 spiro atoms. The Morgan fingerprint density at radius 1 is 1.44 bits per heavy atom. The number of hydrogen-bond acceptors (Lipinski definition) is 4. The Morgan fingerprint density at radius 3 is 2.56 bits per heavy atom. The van der Waals surface area contributed by atoms with Crippen molar-refractivity contribution in [2.24, 2.45) is 0 Å². The van der Waals surface area contributed by atoms with Crippen molar-refractivity contribution in [3.05, 3.63) is 0 Å². The highest BCUT2D eigenvalue weighted by atomic mass is 16.6. The monoisotopic (exact) mass is 230 g/mol. The molecule has 1 unspecified atom stereocenters.